The third kappa shape index (κ3) is 3.94. The number of aliphatic hydroxyl groups excluding tert-OH is 1. The largest absolute Gasteiger partial charge is 0.472 e. The van der Waals surface area contributed by atoms with Crippen molar-refractivity contribution in [3.05, 3.63) is 24.2 Å². The molecule has 0 aliphatic heterocycles. The van der Waals surface area contributed by atoms with Crippen molar-refractivity contribution in [3.8, 4) is 0 Å². The molecule has 14 heavy (non-hydrogen) atoms. The lowest BCUT2D eigenvalue weighted by molar-refractivity contribution is 0.0851. The summed E-state index contributed by atoms with van der Waals surface area (Å²) in [5, 5.41) is 9.67. The van der Waals surface area contributed by atoms with Gasteiger partial charge in [-0.3, -0.25) is 0 Å². The molecule has 0 spiro atoms. The van der Waals surface area contributed by atoms with Crippen molar-refractivity contribution in [2.75, 3.05) is 7.11 Å². The Kier molecular flexibility index (Phi) is 4.70. The van der Waals surface area contributed by atoms with Gasteiger partial charge in [-0.25, -0.2) is 0 Å². The lowest BCUT2D eigenvalue weighted by Gasteiger charge is -2.12. The Hall–Kier alpha value is -0.800. The van der Waals surface area contributed by atoms with Crippen LogP contribution in [0.2, 0.25) is 0 Å². The Labute approximate surface area is 84.7 Å². The Balaban J connectivity index is 2.19. The molecule has 0 saturated carbocycles. The molecule has 0 aromatic carbocycles. The van der Waals surface area contributed by atoms with E-state index in [9.17, 15) is 5.11 Å². The number of aliphatic hydroxyl groups is 1. The van der Waals surface area contributed by atoms with E-state index in [-0.39, 0.29) is 12.2 Å². The standard InChI is InChI=1S/C11H18O3/c1-9(13-2)3-4-11(12)7-10-5-6-14-8-10/h5-6,8-9,11-12H,3-4,7H2,1-2H3. The molecule has 1 aromatic rings. The highest BCUT2D eigenvalue weighted by atomic mass is 16.5. The van der Waals surface area contributed by atoms with Crippen molar-refractivity contribution in [1.82, 2.24) is 0 Å². The fourth-order valence-corrected chi connectivity index (χ4v) is 1.33. The van der Waals surface area contributed by atoms with Crippen LogP contribution >= 0.6 is 0 Å². The van der Waals surface area contributed by atoms with E-state index in [2.05, 4.69) is 0 Å². The maximum Gasteiger partial charge on any atom is 0.0935 e. The van der Waals surface area contributed by atoms with Crippen LogP contribution in [-0.4, -0.2) is 24.4 Å². The summed E-state index contributed by atoms with van der Waals surface area (Å²) in [6.07, 6.45) is 5.52. The van der Waals surface area contributed by atoms with Crippen LogP contribution < -0.4 is 0 Å². The molecule has 0 aliphatic carbocycles. The maximum absolute atomic E-state index is 9.67. The van der Waals surface area contributed by atoms with Crippen LogP contribution in [0.25, 0.3) is 0 Å². The van der Waals surface area contributed by atoms with Gasteiger partial charge in [-0.2, -0.15) is 0 Å². The van der Waals surface area contributed by atoms with E-state index in [0.29, 0.717) is 6.42 Å². The molecular formula is C11H18O3. The monoisotopic (exact) mass is 198 g/mol. The van der Waals surface area contributed by atoms with Gasteiger partial charge in [0.25, 0.3) is 0 Å². The number of furan rings is 1. The summed E-state index contributed by atoms with van der Waals surface area (Å²) < 4.78 is 10.0. The Morgan fingerprint density at radius 3 is 2.86 bits per heavy atom. The topological polar surface area (TPSA) is 42.6 Å². The molecule has 2 unspecified atom stereocenters. The molecule has 1 heterocycles. The zero-order valence-electron chi connectivity index (χ0n) is 8.77. The fourth-order valence-electron chi connectivity index (χ4n) is 1.33. The second kappa shape index (κ2) is 5.83. The molecule has 0 amide bonds. The van der Waals surface area contributed by atoms with Gasteiger partial charge >= 0.3 is 0 Å². The summed E-state index contributed by atoms with van der Waals surface area (Å²) in [4.78, 5) is 0. The van der Waals surface area contributed by atoms with Crippen LogP contribution in [0.4, 0.5) is 0 Å². The summed E-state index contributed by atoms with van der Waals surface area (Å²) in [6.45, 7) is 2.00. The highest BCUT2D eigenvalue weighted by Gasteiger charge is 2.08. The Bertz CT molecular complexity index is 231. The molecule has 1 aromatic heterocycles. The minimum absolute atomic E-state index is 0.217. The minimum Gasteiger partial charge on any atom is -0.472 e. The van der Waals surface area contributed by atoms with Crippen molar-refractivity contribution < 1.29 is 14.3 Å². The minimum atomic E-state index is -0.301. The van der Waals surface area contributed by atoms with Gasteiger partial charge in [0.2, 0.25) is 0 Å². The Morgan fingerprint density at radius 2 is 2.29 bits per heavy atom. The van der Waals surface area contributed by atoms with Crippen molar-refractivity contribution in [1.29, 1.82) is 0 Å². The first kappa shape index (κ1) is 11.3. The lowest BCUT2D eigenvalue weighted by Crippen LogP contribution is -2.14. The van der Waals surface area contributed by atoms with E-state index in [1.807, 2.05) is 13.0 Å². The summed E-state index contributed by atoms with van der Waals surface area (Å²) in [5.41, 5.74) is 1.04. The van der Waals surface area contributed by atoms with E-state index in [4.69, 9.17) is 9.15 Å². The normalized spacial score (nSPS) is 15.4. The molecule has 3 nitrogen and oxygen atoms in total. The van der Waals surface area contributed by atoms with E-state index in [1.165, 1.54) is 0 Å². The van der Waals surface area contributed by atoms with Gasteiger partial charge in [0.1, 0.15) is 0 Å². The summed E-state index contributed by atoms with van der Waals surface area (Å²) in [6, 6.07) is 1.88. The number of hydrogen-bond acceptors (Lipinski definition) is 3. The third-order valence-electron chi connectivity index (χ3n) is 2.36. The number of methoxy groups -OCH3 is 1. The second-order valence-corrected chi connectivity index (χ2v) is 3.61. The van der Waals surface area contributed by atoms with Crippen LogP contribution in [0.15, 0.2) is 23.0 Å². The van der Waals surface area contributed by atoms with Crippen LogP contribution in [-0.2, 0) is 11.2 Å². The van der Waals surface area contributed by atoms with Gasteiger partial charge in [0.05, 0.1) is 24.7 Å². The number of hydrogen-bond donors (Lipinski definition) is 1. The highest BCUT2D eigenvalue weighted by Crippen LogP contribution is 2.10. The van der Waals surface area contributed by atoms with Gasteiger partial charge in [-0.15, -0.1) is 0 Å². The van der Waals surface area contributed by atoms with Gasteiger partial charge in [0.15, 0.2) is 0 Å². The van der Waals surface area contributed by atoms with Crippen molar-refractivity contribution in [2.24, 2.45) is 0 Å². The average molecular weight is 198 g/mol. The lowest BCUT2D eigenvalue weighted by atomic mass is 10.1. The predicted molar refractivity (Wildman–Crippen MR) is 54.1 cm³/mol. The van der Waals surface area contributed by atoms with Gasteiger partial charge in [-0.05, 0) is 31.4 Å². The maximum atomic E-state index is 9.67. The first-order chi connectivity index (χ1) is 6.72. The third-order valence-corrected chi connectivity index (χ3v) is 2.36. The zero-order valence-corrected chi connectivity index (χ0v) is 8.77. The summed E-state index contributed by atoms with van der Waals surface area (Å²) >= 11 is 0. The smallest absolute Gasteiger partial charge is 0.0935 e. The number of rotatable bonds is 6. The molecule has 0 saturated heterocycles. The van der Waals surface area contributed by atoms with Gasteiger partial charge in [-0.1, -0.05) is 0 Å². The quantitative estimate of drug-likeness (QED) is 0.760. The first-order valence-corrected chi connectivity index (χ1v) is 4.94. The molecule has 1 rings (SSSR count). The molecule has 0 fully saturated rings. The molecule has 0 radical (unpaired) electrons. The second-order valence-electron chi connectivity index (χ2n) is 3.61. The van der Waals surface area contributed by atoms with E-state index >= 15 is 0 Å². The van der Waals surface area contributed by atoms with Crippen LogP contribution in [0.5, 0.6) is 0 Å². The molecule has 80 valence electrons. The molecule has 0 bridgehead atoms. The van der Waals surface area contributed by atoms with E-state index < -0.39 is 0 Å². The number of ether oxygens (including phenoxy) is 1. The zero-order chi connectivity index (χ0) is 10.4. The molecule has 2 atom stereocenters. The summed E-state index contributed by atoms with van der Waals surface area (Å²) in [5.74, 6) is 0. The molecular weight excluding hydrogens is 180 g/mol. The molecule has 0 aliphatic rings. The predicted octanol–water partition coefficient (Wildman–Crippen LogP) is 2.00. The van der Waals surface area contributed by atoms with Crippen LogP contribution in [0, 0.1) is 0 Å². The SMILES string of the molecule is COC(C)CCC(O)Cc1ccoc1. The molecule has 1 N–H and O–H groups in total. The average Bonchev–Trinajstić information content (AvgIpc) is 2.66. The van der Waals surface area contributed by atoms with Gasteiger partial charge in [0, 0.05) is 13.5 Å². The van der Waals surface area contributed by atoms with E-state index in [1.54, 1.807) is 19.6 Å². The van der Waals surface area contributed by atoms with E-state index in [0.717, 1.165) is 18.4 Å². The van der Waals surface area contributed by atoms with Crippen molar-refractivity contribution in [3.63, 3.8) is 0 Å². The Morgan fingerprint density at radius 1 is 1.50 bits per heavy atom. The summed E-state index contributed by atoms with van der Waals surface area (Å²) in [7, 11) is 1.69. The van der Waals surface area contributed by atoms with Crippen LogP contribution in [0.3, 0.4) is 0 Å². The van der Waals surface area contributed by atoms with Crippen molar-refractivity contribution in [2.45, 2.75) is 38.4 Å². The first-order valence-electron chi connectivity index (χ1n) is 4.94. The van der Waals surface area contributed by atoms with Crippen molar-refractivity contribution >= 4 is 0 Å². The van der Waals surface area contributed by atoms with Gasteiger partial charge < -0.3 is 14.3 Å². The molecule has 3 heteroatoms. The van der Waals surface area contributed by atoms with Crippen LogP contribution in [0.1, 0.15) is 25.3 Å². The fraction of sp³-hybridized carbons (Fsp3) is 0.636. The highest BCUT2D eigenvalue weighted by molar-refractivity contribution is 5.06.